The molecule has 1 aliphatic rings. The molecule has 0 bridgehead atoms. The zero-order valence-electron chi connectivity index (χ0n) is 12.9. The second-order valence-electron chi connectivity index (χ2n) is 6.78. The van der Waals surface area contributed by atoms with Crippen LogP contribution in [0.5, 0.6) is 0 Å². The molecule has 108 valence electrons. The van der Waals surface area contributed by atoms with Crippen molar-refractivity contribution in [1.29, 1.82) is 0 Å². The molecule has 0 radical (unpaired) electrons. The minimum Gasteiger partial charge on any atom is -0.325 e. The Labute approximate surface area is 117 Å². The molecule has 0 spiro atoms. The highest BCUT2D eigenvalue weighted by Gasteiger charge is 2.35. The fourth-order valence-corrected chi connectivity index (χ4v) is 3.17. The van der Waals surface area contributed by atoms with Gasteiger partial charge in [-0.05, 0) is 50.5 Å². The van der Waals surface area contributed by atoms with Gasteiger partial charge in [0.15, 0.2) is 0 Å². The largest absolute Gasteiger partial charge is 0.325 e. The summed E-state index contributed by atoms with van der Waals surface area (Å²) < 4.78 is 2.08. The molecule has 0 amide bonds. The molecule has 2 rings (SSSR count). The van der Waals surface area contributed by atoms with Crippen molar-refractivity contribution in [1.82, 2.24) is 9.78 Å². The highest BCUT2D eigenvalue weighted by Crippen LogP contribution is 2.36. The summed E-state index contributed by atoms with van der Waals surface area (Å²) in [4.78, 5) is 0. The minimum absolute atomic E-state index is 0.0411. The van der Waals surface area contributed by atoms with Crippen LogP contribution in [0, 0.1) is 11.8 Å². The van der Waals surface area contributed by atoms with Gasteiger partial charge < -0.3 is 5.73 Å². The Bertz CT molecular complexity index is 412. The van der Waals surface area contributed by atoms with Gasteiger partial charge in [0.05, 0.1) is 5.69 Å². The monoisotopic (exact) mass is 263 g/mol. The van der Waals surface area contributed by atoms with Crippen LogP contribution in [0.25, 0.3) is 0 Å². The van der Waals surface area contributed by atoms with Gasteiger partial charge in [0, 0.05) is 24.2 Å². The number of nitrogens with two attached hydrogens (primary N) is 1. The van der Waals surface area contributed by atoms with Crippen LogP contribution in [0.1, 0.15) is 65.1 Å². The lowest BCUT2D eigenvalue weighted by Gasteiger charge is -2.40. The molecule has 4 atom stereocenters. The first kappa shape index (κ1) is 14.6. The minimum atomic E-state index is -0.0411. The number of hydrogen-bond donors (Lipinski definition) is 1. The van der Waals surface area contributed by atoms with E-state index in [4.69, 9.17) is 10.8 Å². The maximum Gasteiger partial charge on any atom is 0.0643 e. The summed E-state index contributed by atoms with van der Waals surface area (Å²) in [6, 6.07) is 2.62. The quantitative estimate of drug-likeness (QED) is 0.902. The number of hydrogen-bond acceptors (Lipinski definition) is 2. The van der Waals surface area contributed by atoms with Crippen molar-refractivity contribution in [2.75, 3.05) is 0 Å². The highest BCUT2D eigenvalue weighted by molar-refractivity contribution is 5.07. The summed E-state index contributed by atoms with van der Waals surface area (Å²) in [6.45, 7) is 9.09. The first-order valence-electron chi connectivity index (χ1n) is 7.76. The van der Waals surface area contributed by atoms with Gasteiger partial charge in [0.2, 0.25) is 0 Å². The van der Waals surface area contributed by atoms with Crippen molar-refractivity contribution < 1.29 is 0 Å². The van der Waals surface area contributed by atoms with Crippen LogP contribution in [0.4, 0.5) is 0 Å². The average molecular weight is 263 g/mol. The SMILES string of the molecule is CCC(C)n1ccc(CC2(N)CCC(C)C(C)C2)n1. The van der Waals surface area contributed by atoms with Gasteiger partial charge in [-0.3, -0.25) is 4.68 Å². The summed E-state index contributed by atoms with van der Waals surface area (Å²) in [5.74, 6) is 1.55. The van der Waals surface area contributed by atoms with E-state index in [1.807, 2.05) is 0 Å². The van der Waals surface area contributed by atoms with E-state index in [9.17, 15) is 0 Å². The van der Waals surface area contributed by atoms with Crippen LogP contribution in [-0.2, 0) is 6.42 Å². The Kier molecular flexibility index (Phi) is 4.34. The summed E-state index contributed by atoms with van der Waals surface area (Å²) >= 11 is 0. The molecular weight excluding hydrogens is 234 g/mol. The lowest BCUT2D eigenvalue weighted by atomic mass is 9.70. The van der Waals surface area contributed by atoms with Gasteiger partial charge in [-0.25, -0.2) is 0 Å². The van der Waals surface area contributed by atoms with Gasteiger partial charge in [0.1, 0.15) is 0 Å². The zero-order chi connectivity index (χ0) is 14.0. The maximum atomic E-state index is 6.61. The summed E-state index contributed by atoms with van der Waals surface area (Å²) in [6.07, 6.45) is 7.65. The number of nitrogens with zero attached hydrogens (tertiary/aromatic N) is 2. The smallest absolute Gasteiger partial charge is 0.0643 e. The molecule has 0 aliphatic heterocycles. The van der Waals surface area contributed by atoms with Crippen molar-refractivity contribution in [3.63, 3.8) is 0 Å². The van der Waals surface area contributed by atoms with Gasteiger partial charge in [0.25, 0.3) is 0 Å². The lowest BCUT2D eigenvalue weighted by molar-refractivity contribution is 0.174. The van der Waals surface area contributed by atoms with Gasteiger partial charge in [-0.2, -0.15) is 5.10 Å². The molecule has 3 nitrogen and oxygen atoms in total. The maximum absolute atomic E-state index is 6.61. The van der Waals surface area contributed by atoms with E-state index in [2.05, 4.69) is 44.6 Å². The zero-order valence-corrected chi connectivity index (χ0v) is 12.9. The van der Waals surface area contributed by atoms with Crippen molar-refractivity contribution >= 4 is 0 Å². The van der Waals surface area contributed by atoms with Crippen LogP contribution < -0.4 is 5.73 Å². The number of rotatable bonds is 4. The van der Waals surface area contributed by atoms with Crippen molar-refractivity contribution in [3.05, 3.63) is 18.0 Å². The van der Waals surface area contributed by atoms with E-state index in [0.29, 0.717) is 6.04 Å². The van der Waals surface area contributed by atoms with Gasteiger partial charge in [-0.15, -0.1) is 0 Å². The lowest BCUT2D eigenvalue weighted by Crippen LogP contribution is -2.47. The van der Waals surface area contributed by atoms with Crippen LogP contribution in [0.3, 0.4) is 0 Å². The van der Waals surface area contributed by atoms with Crippen LogP contribution in [0.15, 0.2) is 12.3 Å². The molecule has 3 heteroatoms. The topological polar surface area (TPSA) is 43.8 Å². The van der Waals surface area contributed by atoms with E-state index in [1.165, 1.54) is 6.42 Å². The molecule has 0 aromatic carbocycles. The molecule has 1 fully saturated rings. The van der Waals surface area contributed by atoms with Crippen LogP contribution in [-0.4, -0.2) is 15.3 Å². The molecule has 2 N–H and O–H groups in total. The molecule has 19 heavy (non-hydrogen) atoms. The molecule has 1 heterocycles. The van der Waals surface area contributed by atoms with E-state index in [-0.39, 0.29) is 5.54 Å². The fraction of sp³-hybridized carbons (Fsp3) is 0.812. The summed E-state index contributed by atoms with van der Waals surface area (Å²) in [7, 11) is 0. The molecular formula is C16H29N3. The van der Waals surface area contributed by atoms with Gasteiger partial charge in [-0.1, -0.05) is 20.8 Å². The van der Waals surface area contributed by atoms with E-state index >= 15 is 0 Å². The third-order valence-electron chi connectivity index (χ3n) is 5.04. The first-order chi connectivity index (χ1) is 8.93. The van der Waals surface area contributed by atoms with Crippen molar-refractivity contribution in [3.8, 4) is 0 Å². The standard InChI is InChI=1S/C16H29N3/c1-5-14(4)19-9-7-15(18-19)11-16(17)8-6-12(2)13(3)10-16/h7,9,12-14H,5-6,8,10-11,17H2,1-4H3. The molecule has 4 unspecified atom stereocenters. The van der Waals surface area contributed by atoms with Crippen molar-refractivity contribution in [2.45, 2.75) is 71.4 Å². The second-order valence-corrected chi connectivity index (χ2v) is 6.78. The molecule has 1 aromatic heterocycles. The Balaban J connectivity index is 2.02. The third kappa shape index (κ3) is 3.38. The number of aromatic nitrogens is 2. The molecule has 1 saturated carbocycles. The Morgan fingerprint density at radius 3 is 2.84 bits per heavy atom. The van der Waals surface area contributed by atoms with E-state index < -0.39 is 0 Å². The summed E-state index contributed by atoms with van der Waals surface area (Å²) in [5.41, 5.74) is 7.73. The Morgan fingerprint density at radius 1 is 1.47 bits per heavy atom. The van der Waals surface area contributed by atoms with Crippen molar-refractivity contribution in [2.24, 2.45) is 17.6 Å². The first-order valence-corrected chi connectivity index (χ1v) is 7.76. The predicted octanol–water partition coefficient (Wildman–Crippen LogP) is 3.55. The average Bonchev–Trinajstić information content (AvgIpc) is 2.81. The van der Waals surface area contributed by atoms with Crippen LogP contribution >= 0.6 is 0 Å². The normalized spacial score (nSPS) is 33.3. The molecule has 0 saturated heterocycles. The summed E-state index contributed by atoms with van der Waals surface area (Å²) in [5, 5.41) is 4.70. The third-order valence-corrected chi connectivity index (χ3v) is 5.04. The molecule has 1 aliphatic carbocycles. The predicted molar refractivity (Wildman–Crippen MR) is 80.0 cm³/mol. The van der Waals surface area contributed by atoms with Gasteiger partial charge >= 0.3 is 0 Å². The molecule has 1 aromatic rings. The van der Waals surface area contributed by atoms with Crippen LogP contribution in [0.2, 0.25) is 0 Å². The Hall–Kier alpha value is -0.830. The fourth-order valence-electron chi connectivity index (χ4n) is 3.17. The Morgan fingerprint density at radius 2 is 2.21 bits per heavy atom. The van der Waals surface area contributed by atoms with E-state index in [1.54, 1.807) is 0 Å². The second kappa shape index (κ2) is 5.66. The highest BCUT2D eigenvalue weighted by atomic mass is 15.3. The van der Waals surface area contributed by atoms with E-state index in [0.717, 1.165) is 43.2 Å².